The number of hydrogen-bond donors (Lipinski definition) is 1. The summed E-state index contributed by atoms with van der Waals surface area (Å²) >= 11 is 0. The molecule has 0 saturated heterocycles. The van der Waals surface area contributed by atoms with E-state index in [1.165, 1.54) is 0 Å². The SMILES string of the molecule is CCOCc1c(N)cnn1CC. The zero-order valence-electron chi connectivity index (χ0n) is 7.58. The lowest BCUT2D eigenvalue weighted by atomic mass is 10.4. The largest absolute Gasteiger partial charge is 0.396 e. The molecule has 0 aliphatic heterocycles. The van der Waals surface area contributed by atoms with E-state index in [-0.39, 0.29) is 0 Å². The van der Waals surface area contributed by atoms with Crippen LogP contribution >= 0.6 is 0 Å². The number of anilines is 1. The van der Waals surface area contributed by atoms with Crippen LogP contribution in [-0.2, 0) is 17.9 Å². The molecule has 1 aromatic heterocycles. The molecule has 0 bridgehead atoms. The number of rotatable bonds is 4. The van der Waals surface area contributed by atoms with E-state index in [0.717, 1.165) is 12.2 Å². The van der Waals surface area contributed by atoms with Gasteiger partial charge in [0.25, 0.3) is 0 Å². The molecule has 2 N–H and O–H groups in total. The Morgan fingerprint density at radius 3 is 2.92 bits per heavy atom. The van der Waals surface area contributed by atoms with Gasteiger partial charge >= 0.3 is 0 Å². The van der Waals surface area contributed by atoms with Crippen LogP contribution in [0, 0.1) is 0 Å². The molecule has 0 spiro atoms. The highest BCUT2D eigenvalue weighted by Gasteiger charge is 2.05. The number of nitrogen functional groups attached to an aromatic ring is 1. The summed E-state index contributed by atoms with van der Waals surface area (Å²) in [5.41, 5.74) is 7.38. The fourth-order valence-electron chi connectivity index (χ4n) is 1.05. The van der Waals surface area contributed by atoms with E-state index in [1.807, 2.05) is 18.5 Å². The van der Waals surface area contributed by atoms with Crippen LogP contribution in [0.4, 0.5) is 5.69 Å². The van der Waals surface area contributed by atoms with Crippen molar-refractivity contribution < 1.29 is 4.74 Å². The third-order valence-electron chi connectivity index (χ3n) is 1.72. The highest BCUT2D eigenvalue weighted by molar-refractivity contribution is 5.40. The van der Waals surface area contributed by atoms with Crippen molar-refractivity contribution in [2.45, 2.75) is 27.0 Å². The molecule has 0 unspecified atom stereocenters. The Hall–Kier alpha value is -1.03. The maximum Gasteiger partial charge on any atom is 0.0905 e. The normalized spacial score (nSPS) is 10.5. The van der Waals surface area contributed by atoms with Crippen LogP contribution in [0.5, 0.6) is 0 Å². The van der Waals surface area contributed by atoms with Gasteiger partial charge in [0.2, 0.25) is 0 Å². The topological polar surface area (TPSA) is 53.1 Å². The minimum Gasteiger partial charge on any atom is -0.396 e. The lowest BCUT2D eigenvalue weighted by Gasteiger charge is -2.05. The lowest BCUT2D eigenvalue weighted by Crippen LogP contribution is -2.06. The second kappa shape index (κ2) is 4.11. The molecule has 0 aliphatic carbocycles. The maximum atomic E-state index is 5.69. The zero-order chi connectivity index (χ0) is 8.97. The van der Waals surface area contributed by atoms with E-state index in [2.05, 4.69) is 5.10 Å². The highest BCUT2D eigenvalue weighted by atomic mass is 16.5. The molecule has 1 rings (SSSR count). The third-order valence-corrected chi connectivity index (χ3v) is 1.72. The Morgan fingerprint density at radius 1 is 1.58 bits per heavy atom. The van der Waals surface area contributed by atoms with E-state index in [1.54, 1.807) is 6.20 Å². The molecule has 12 heavy (non-hydrogen) atoms. The molecular weight excluding hydrogens is 154 g/mol. The number of hydrogen-bond acceptors (Lipinski definition) is 3. The lowest BCUT2D eigenvalue weighted by molar-refractivity contribution is 0.128. The monoisotopic (exact) mass is 169 g/mol. The van der Waals surface area contributed by atoms with Crippen LogP contribution in [0.25, 0.3) is 0 Å². The minimum absolute atomic E-state index is 0.552. The van der Waals surface area contributed by atoms with Gasteiger partial charge in [-0.15, -0.1) is 0 Å². The van der Waals surface area contributed by atoms with E-state index in [9.17, 15) is 0 Å². The molecule has 0 radical (unpaired) electrons. The highest BCUT2D eigenvalue weighted by Crippen LogP contribution is 2.11. The second-order valence-electron chi connectivity index (χ2n) is 2.50. The summed E-state index contributed by atoms with van der Waals surface area (Å²) in [6.07, 6.45) is 1.66. The molecular formula is C8H15N3O. The van der Waals surface area contributed by atoms with E-state index < -0.39 is 0 Å². The first-order valence-electron chi connectivity index (χ1n) is 4.17. The van der Waals surface area contributed by atoms with Crippen molar-refractivity contribution in [3.8, 4) is 0 Å². The van der Waals surface area contributed by atoms with Crippen molar-refractivity contribution in [3.05, 3.63) is 11.9 Å². The van der Waals surface area contributed by atoms with Gasteiger partial charge in [-0.25, -0.2) is 0 Å². The van der Waals surface area contributed by atoms with Gasteiger partial charge in [0.15, 0.2) is 0 Å². The first-order chi connectivity index (χ1) is 5.79. The van der Waals surface area contributed by atoms with Crippen molar-refractivity contribution in [2.24, 2.45) is 0 Å². The predicted octanol–water partition coefficient (Wildman–Crippen LogP) is 1.02. The molecule has 68 valence electrons. The summed E-state index contributed by atoms with van der Waals surface area (Å²) in [5, 5.41) is 4.10. The summed E-state index contributed by atoms with van der Waals surface area (Å²) in [5.74, 6) is 0. The van der Waals surface area contributed by atoms with E-state index in [4.69, 9.17) is 10.5 Å². The van der Waals surface area contributed by atoms with Crippen LogP contribution in [0.3, 0.4) is 0 Å². The fourth-order valence-corrected chi connectivity index (χ4v) is 1.05. The molecule has 0 fully saturated rings. The van der Waals surface area contributed by atoms with Crippen molar-refractivity contribution >= 4 is 5.69 Å². The first kappa shape index (κ1) is 9.06. The molecule has 4 nitrogen and oxygen atoms in total. The molecule has 1 aromatic rings. The van der Waals surface area contributed by atoms with Gasteiger partial charge in [-0.2, -0.15) is 5.10 Å². The summed E-state index contributed by atoms with van der Waals surface area (Å²) in [7, 11) is 0. The quantitative estimate of drug-likeness (QED) is 0.732. The van der Waals surface area contributed by atoms with Crippen LogP contribution in [0.15, 0.2) is 6.20 Å². The molecule has 0 aliphatic rings. The third kappa shape index (κ3) is 1.76. The van der Waals surface area contributed by atoms with Crippen LogP contribution < -0.4 is 5.73 Å². The van der Waals surface area contributed by atoms with Gasteiger partial charge in [0.1, 0.15) is 0 Å². The Kier molecular flexibility index (Phi) is 3.10. The molecule has 0 atom stereocenters. The van der Waals surface area contributed by atoms with Gasteiger partial charge in [-0.1, -0.05) is 0 Å². The smallest absolute Gasteiger partial charge is 0.0905 e. The number of aromatic nitrogens is 2. The number of nitrogens with zero attached hydrogens (tertiary/aromatic N) is 2. The van der Waals surface area contributed by atoms with Crippen LogP contribution in [-0.4, -0.2) is 16.4 Å². The van der Waals surface area contributed by atoms with E-state index in [0.29, 0.717) is 18.9 Å². The summed E-state index contributed by atoms with van der Waals surface area (Å²) in [4.78, 5) is 0. The van der Waals surface area contributed by atoms with Gasteiger partial charge in [-0.3, -0.25) is 4.68 Å². The average Bonchev–Trinajstić information content (AvgIpc) is 2.43. The molecule has 1 heterocycles. The predicted molar refractivity (Wildman–Crippen MR) is 47.6 cm³/mol. The number of ether oxygens (including phenoxy) is 1. The van der Waals surface area contributed by atoms with Gasteiger partial charge in [-0.05, 0) is 13.8 Å². The number of nitrogens with two attached hydrogens (primary N) is 1. The molecule has 4 heteroatoms. The molecule has 0 aromatic carbocycles. The summed E-state index contributed by atoms with van der Waals surface area (Å²) in [6.45, 7) is 6.08. The van der Waals surface area contributed by atoms with Gasteiger partial charge < -0.3 is 10.5 Å². The molecule has 0 saturated carbocycles. The fraction of sp³-hybridized carbons (Fsp3) is 0.625. The Labute approximate surface area is 72.3 Å². The first-order valence-corrected chi connectivity index (χ1v) is 4.17. The zero-order valence-corrected chi connectivity index (χ0v) is 7.58. The maximum absolute atomic E-state index is 5.69. The average molecular weight is 169 g/mol. The Morgan fingerprint density at radius 2 is 2.33 bits per heavy atom. The van der Waals surface area contributed by atoms with E-state index >= 15 is 0 Å². The molecule has 0 amide bonds. The van der Waals surface area contributed by atoms with Crippen molar-refractivity contribution in [2.75, 3.05) is 12.3 Å². The Bertz CT molecular complexity index is 244. The summed E-state index contributed by atoms with van der Waals surface area (Å²) < 4.78 is 7.11. The van der Waals surface area contributed by atoms with Crippen molar-refractivity contribution in [1.82, 2.24) is 9.78 Å². The minimum atomic E-state index is 0.552. The standard InChI is InChI=1S/C8H15N3O/c1-3-11-8(6-12-4-2)7(9)5-10-11/h5H,3-4,6,9H2,1-2H3. The van der Waals surface area contributed by atoms with Gasteiger partial charge in [0, 0.05) is 13.2 Å². The van der Waals surface area contributed by atoms with Crippen LogP contribution in [0.1, 0.15) is 19.5 Å². The van der Waals surface area contributed by atoms with Crippen molar-refractivity contribution in [3.63, 3.8) is 0 Å². The second-order valence-corrected chi connectivity index (χ2v) is 2.50. The Balaban J connectivity index is 2.72. The van der Waals surface area contributed by atoms with Crippen LogP contribution in [0.2, 0.25) is 0 Å². The number of aryl methyl sites for hydroxylation is 1. The van der Waals surface area contributed by atoms with Crippen molar-refractivity contribution in [1.29, 1.82) is 0 Å². The van der Waals surface area contributed by atoms with Gasteiger partial charge in [0.05, 0.1) is 24.2 Å². The summed E-state index contributed by atoms with van der Waals surface area (Å²) in [6, 6.07) is 0.